The topological polar surface area (TPSA) is 70.6 Å². The molecule has 1 fully saturated rings. The summed E-state index contributed by atoms with van der Waals surface area (Å²) in [5.41, 5.74) is -0.438. The first-order chi connectivity index (χ1) is 9.90. The predicted octanol–water partition coefficient (Wildman–Crippen LogP) is 2.14. The van der Waals surface area contributed by atoms with E-state index >= 15 is 0 Å². The lowest BCUT2D eigenvalue weighted by Crippen LogP contribution is -2.39. The van der Waals surface area contributed by atoms with Gasteiger partial charge in [-0.1, -0.05) is 0 Å². The second-order valence-corrected chi connectivity index (χ2v) is 7.72. The van der Waals surface area contributed by atoms with Crippen LogP contribution in [0.3, 0.4) is 0 Å². The van der Waals surface area contributed by atoms with Gasteiger partial charge in [-0.3, -0.25) is 0 Å². The summed E-state index contributed by atoms with van der Waals surface area (Å²) >= 11 is 1.87. The lowest BCUT2D eigenvalue weighted by Gasteiger charge is -2.21. The molecule has 0 aliphatic heterocycles. The lowest BCUT2D eigenvalue weighted by molar-refractivity contribution is 0.0505. The molecule has 6 heteroatoms. The van der Waals surface area contributed by atoms with E-state index in [0.29, 0.717) is 6.04 Å². The fourth-order valence-electron chi connectivity index (χ4n) is 2.38. The summed E-state index contributed by atoms with van der Waals surface area (Å²) < 4.78 is 5.28. The number of hydrogen-bond donors (Lipinski definition) is 3. The minimum Gasteiger partial charge on any atom is -0.444 e. The molecule has 2 unspecified atom stereocenters. The van der Waals surface area contributed by atoms with E-state index in [0.717, 1.165) is 43.7 Å². The summed E-state index contributed by atoms with van der Waals surface area (Å²) in [6.07, 6.45) is 3.64. The largest absolute Gasteiger partial charge is 0.444 e. The number of alkyl carbamates (subject to hydrolysis) is 1. The molecule has 0 bridgehead atoms. The van der Waals surface area contributed by atoms with Crippen LogP contribution < -0.4 is 10.6 Å². The van der Waals surface area contributed by atoms with Gasteiger partial charge in [0.25, 0.3) is 0 Å². The summed E-state index contributed by atoms with van der Waals surface area (Å²) in [5.74, 6) is 2.09. The van der Waals surface area contributed by atoms with Crippen molar-refractivity contribution in [2.75, 3.05) is 24.7 Å². The van der Waals surface area contributed by atoms with Crippen LogP contribution >= 0.6 is 11.8 Å². The molecule has 0 heterocycles. The van der Waals surface area contributed by atoms with Gasteiger partial charge in [0.2, 0.25) is 0 Å². The van der Waals surface area contributed by atoms with Crippen molar-refractivity contribution in [2.24, 2.45) is 0 Å². The molecule has 0 saturated heterocycles. The number of ether oxygens (including phenoxy) is 1. The Morgan fingerprint density at radius 2 is 2.00 bits per heavy atom. The van der Waals surface area contributed by atoms with Crippen molar-refractivity contribution in [3.8, 4) is 0 Å². The van der Waals surface area contributed by atoms with Gasteiger partial charge in [0.05, 0.1) is 0 Å². The summed E-state index contributed by atoms with van der Waals surface area (Å²) in [5, 5.41) is 15.2. The number of aliphatic hydroxyl groups excluding tert-OH is 1. The van der Waals surface area contributed by atoms with Crippen LogP contribution in [0.5, 0.6) is 0 Å². The van der Waals surface area contributed by atoms with Gasteiger partial charge in [-0.2, -0.15) is 11.8 Å². The van der Waals surface area contributed by atoms with Gasteiger partial charge in [0.15, 0.2) is 0 Å². The fraction of sp³-hybridized carbons (Fsp3) is 0.933. The molecule has 0 aromatic rings. The lowest BCUT2D eigenvalue weighted by atomic mass is 10.2. The standard InChI is InChI=1S/C15H30N2O3S/c1-15(2,3)20-14(19)17-13-6-5-12(11-13)16-7-10-21-9-4-8-18/h12-13,16,18H,4-11H2,1-3H3,(H,17,19). The number of nitrogens with one attached hydrogen (secondary N) is 2. The zero-order valence-corrected chi connectivity index (χ0v) is 14.3. The fourth-order valence-corrected chi connectivity index (χ4v) is 3.18. The van der Waals surface area contributed by atoms with E-state index in [4.69, 9.17) is 9.84 Å². The van der Waals surface area contributed by atoms with Crippen LogP contribution in [0.15, 0.2) is 0 Å². The quantitative estimate of drug-likeness (QED) is 0.598. The molecule has 0 aromatic carbocycles. The first kappa shape index (κ1) is 18.6. The first-order valence-electron chi connectivity index (χ1n) is 7.82. The van der Waals surface area contributed by atoms with Crippen LogP contribution in [0.4, 0.5) is 4.79 Å². The van der Waals surface area contributed by atoms with E-state index in [9.17, 15) is 4.79 Å². The Balaban J connectivity index is 2.08. The van der Waals surface area contributed by atoms with Crippen LogP contribution in [0, 0.1) is 0 Å². The Bertz CT molecular complexity index is 308. The van der Waals surface area contributed by atoms with Crippen molar-refractivity contribution in [2.45, 2.75) is 64.1 Å². The molecule has 5 nitrogen and oxygen atoms in total. The summed E-state index contributed by atoms with van der Waals surface area (Å²) in [6.45, 7) is 6.89. The minimum atomic E-state index is -0.438. The number of carbonyl (C=O) groups is 1. The highest BCUT2D eigenvalue weighted by molar-refractivity contribution is 7.99. The average Bonchev–Trinajstić information content (AvgIpc) is 2.78. The van der Waals surface area contributed by atoms with E-state index in [-0.39, 0.29) is 18.7 Å². The number of carbonyl (C=O) groups excluding carboxylic acids is 1. The molecule has 1 saturated carbocycles. The molecule has 1 aliphatic rings. The van der Waals surface area contributed by atoms with Gasteiger partial charge in [-0.15, -0.1) is 0 Å². The zero-order chi connectivity index (χ0) is 15.7. The Kier molecular flexibility index (Phi) is 8.44. The number of hydrogen-bond acceptors (Lipinski definition) is 5. The molecule has 1 aliphatic carbocycles. The van der Waals surface area contributed by atoms with E-state index in [1.807, 2.05) is 32.5 Å². The van der Waals surface area contributed by atoms with Gasteiger partial charge in [0.1, 0.15) is 5.60 Å². The molecular weight excluding hydrogens is 288 g/mol. The zero-order valence-electron chi connectivity index (χ0n) is 13.5. The van der Waals surface area contributed by atoms with Crippen molar-refractivity contribution < 1.29 is 14.6 Å². The Labute approximate surface area is 132 Å². The van der Waals surface area contributed by atoms with Crippen molar-refractivity contribution in [3.63, 3.8) is 0 Å². The van der Waals surface area contributed by atoms with Crippen LogP contribution in [-0.2, 0) is 4.74 Å². The highest BCUT2D eigenvalue weighted by Crippen LogP contribution is 2.20. The molecule has 1 rings (SSSR count). The van der Waals surface area contributed by atoms with E-state index in [1.165, 1.54) is 0 Å². The summed E-state index contributed by atoms with van der Waals surface area (Å²) in [4.78, 5) is 11.7. The first-order valence-corrected chi connectivity index (χ1v) is 8.97. The van der Waals surface area contributed by atoms with Gasteiger partial charge in [-0.25, -0.2) is 4.79 Å². The molecular formula is C15H30N2O3S. The van der Waals surface area contributed by atoms with Crippen LogP contribution in [0.1, 0.15) is 46.5 Å². The van der Waals surface area contributed by atoms with Crippen LogP contribution in [0.2, 0.25) is 0 Å². The number of aliphatic hydroxyl groups is 1. The van der Waals surface area contributed by atoms with Crippen molar-refractivity contribution in [1.29, 1.82) is 0 Å². The van der Waals surface area contributed by atoms with Gasteiger partial charge in [-0.05, 0) is 52.2 Å². The Morgan fingerprint density at radius 1 is 1.29 bits per heavy atom. The third kappa shape index (κ3) is 9.22. The summed E-state index contributed by atoms with van der Waals surface area (Å²) in [6, 6.07) is 0.711. The van der Waals surface area contributed by atoms with Crippen molar-refractivity contribution in [1.82, 2.24) is 10.6 Å². The maximum absolute atomic E-state index is 11.7. The molecule has 0 spiro atoms. The number of rotatable bonds is 8. The highest BCUT2D eigenvalue weighted by Gasteiger charge is 2.27. The molecule has 1 amide bonds. The number of thioether (sulfide) groups is 1. The van der Waals surface area contributed by atoms with E-state index < -0.39 is 5.60 Å². The second-order valence-electron chi connectivity index (χ2n) is 6.50. The third-order valence-corrected chi connectivity index (χ3v) is 4.35. The molecule has 2 atom stereocenters. The third-order valence-electron chi connectivity index (χ3n) is 3.28. The Morgan fingerprint density at radius 3 is 2.67 bits per heavy atom. The predicted molar refractivity (Wildman–Crippen MR) is 87.8 cm³/mol. The van der Waals surface area contributed by atoms with Crippen molar-refractivity contribution >= 4 is 17.9 Å². The van der Waals surface area contributed by atoms with Gasteiger partial charge in [0, 0.05) is 31.0 Å². The van der Waals surface area contributed by atoms with Crippen molar-refractivity contribution in [3.05, 3.63) is 0 Å². The monoisotopic (exact) mass is 318 g/mol. The second kappa shape index (κ2) is 9.54. The smallest absolute Gasteiger partial charge is 0.407 e. The van der Waals surface area contributed by atoms with Gasteiger partial charge < -0.3 is 20.5 Å². The highest BCUT2D eigenvalue weighted by atomic mass is 32.2. The average molecular weight is 318 g/mol. The van der Waals surface area contributed by atoms with Gasteiger partial charge >= 0.3 is 6.09 Å². The van der Waals surface area contributed by atoms with Crippen LogP contribution in [0.25, 0.3) is 0 Å². The van der Waals surface area contributed by atoms with E-state index in [2.05, 4.69) is 10.6 Å². The normalized spacial score (nSPS) is 22.3. The molecule has 124 valence electrons. The van der Waals surface area contributed by atoms with E-state index in [1.54, 1.807) is 0 Å². The summed E-state index contributed by atoms with van der Waals surface area (Å²) in [7, 11) is 0. The molecule has 3 N–H and O–H groups in total. The maximum atomic E-state index is 11.7. The van der Waals surface area contributed by atoms with Crippen LogP contribution in [-0.4, -0.2) is 53.5 Å². The molecule has 0 radical (unpaired) electrons. The molecule has 0 aromatic heterocycles. The molecule has 21 heavy (non-hydrogen) atoms. The maximum Gasteiger partial charge on any atom is 0.407 e. The Hall–Kier alpha value is -0.460. The SMILES string of the molecule is CC(C)(C)OC(=O)NC1CCC(NCCSCCCO)C1. The minimum absolute atomic E-state index is 0.222. The number of amides is 1.